The Bertz CT molecular complexity index is 966. The maximum absolute atomic E-state index is 11.4. The molecule has 1 heterocycles. The summed E-state index contributed by atoms with van der Waals surface area (Å²) in [6.07, 6.45) is 1.97. The van der Waals surface area contributed by atoms with Crippen molar-refractivity contribution in [2.24, 2.45) is 0 Å². The third-order valence-electron chi connectivity index (χ3n) is 6.02. The highest BCUT2D eigenvalue weighted by atomic mass is 16.4. The van der Waals surface area contributed by atoms with E-state index in [1.807, 2.05) is 6.07 Å². The zero-order valence-electron chi connectivity index (χ0n) is 16.8. The number of nitrogens with zero attached hydrogens (tertiary/aromatic N) is 1. The number of carboxylic acids is 1. The molecule has 0 radical (unpaired) electrons. The summed E-state index contributed by atoms with van der Waals surface area (Å²) in [6, 6.07) is 27.6. The molecule has 3 aromatic carbocycles. The minimum absolute atomic E-state index is 0.0277. The van der Waals surface area contributed by atoms with Crippen molar-refractivity contribution in [1.82, 2.24) is 0 Å². The number of aryl methyl sites for hydroxylation is 1. The van der Waals surface area contributed by atoms with Gasteiger partial charge in [-0.05, 0) is 54.2 Å². The summed E-state index contributed by atoms with van der Waals surface area (Å²) in [5.74, 6) is -0.364. The van der Waals surface area contributed by atoms with E-state index in [1.54, 1.807) is 0 Å². The molecule has 0 spiro atoms. The standard InChI is InChI=1S/C26H27NO2/c1-19-7-5-6-10-22(19)15-20-11-13-24(14-12-20)27-18-23(16-25(27)17-26(28)29)21-8-3-2-4-9-21/h2-14,23,25H,15-18H2,1H3,(H,28,29)/t23-,25-/m0/s1. The smallest absolute Gasteiger partial charge is 0.305 e. The van der Waals surface area contributed by atoms with E-state index >= 15 is 0 Å². The highest BCUT2D eigenvalue weighted by molar-refractivity contribution is 5.69. The van der Waals surface area contributed by atoms with Gasteiger partial charge < -0.3 is 10.0 Å². The molecule has 0 unspecified atom stereocenters. The Morgan fingerprint density at radius 1 is 0.966 bits per heavy atom. The average Bonchev–Trinajstić information content (AvgIpc) is 3.14. The largest absolute Gasteiger partial charge is 0.481 e. The summed E-state index contributed by atoms with van der Waals surface area (Å²) in [7, 11) is 0. The normalized spacial score (nSPS) is 18.7. The number of hydrogen-bond donors (Lipinski definition) is 1. The first-order valence-electron chi connectivity index (χ1n) is 10.3. The van der Waals surface area contributed by atoms with Crippen LogP contribution >= 0.6 is 0 Å². The number of carboxylic acid groups (broad SMARTS) is 1. The molecule has 3 aromatic rings. The van der Waals surface area contributed by atoms with Crippen LogP contribution in [-0.4, -0.2) is 23.7 Å². The van der Waals surface area contributed by atoms with Crippen LogP contribution in [0.25, 0.3) is 0 Å². The Balaban J connectivity index is 1.53. The maximum Gasteiger partial charge on any atom is 0.305 e. The van der Waals surface area contributed by atoms with Gasteiger partial charge in [-0.3, -0.25) is 4.79 Å². The lowest BCUT2D eigenvalue weighted by atomic mass is 9.95. The fourth-order valence-corrected chi connectivity index (χ4v) is 4.43. The number of aliphatic carboxylic acids is 1. The molecule has 1 N–H and O–H groups in total. The van der Waals surface area contributed by atoms with Crippen molar-refractivity contribution >= 4 is 11.7 Å². The van der Waals surface area contributed by atoms with Crippen molar-refractivity contribution in [3.63, 3.8) is 0 Å². The molecule has 2 atom stereocenters. The van der Waals surface area contributed by atoms with Gasteiger partial charge in [0.05, 0.1) is 6.42 Å². The quantitative estimate of drug-likeness (QED) is 0.616. The fraction of sp³-hybridized carbons (Fsp3) is 0.269. The molecule has 0 saturated carbocycles. The Hall–Kier alpha value is -3.07. The number of hydrogen-bond acceptors (Lipinski definition) is 2. The van der Waals surface area contributed by atoms with Gasteiger partial charge in [-0.2, -0.15) is 0 Å². The van der Waals surface area contributed by atoms with E-state index in [4.69, 9.17) is 0 Å². The SMILES string of the molecule is Cc1ccccc1Cc1ccc(N2C[C@@H](c3ccccc3)C[C@H]2CC(=O)O)cc1. The van der Waals surface area contributed by atoms with E-state index in [0.29, 0.717) is 5.92 Å². The van der Waals surface area contributed by atoms with Crippen molar-refractivity contribution in [2.45, 2.75) is 38.1 Å². The van der Waals surface area contributed by atoms with E-state index < -0.39 is 5.97 Å². The van der Waals surface area contributed by atoms with Crippen molar-refractivity contribution in [3.05, 3.63) is 101 Å². The molecule has 3 heteroatoms. The first-order valence-corrected chi connectivity index (χ1v) is 10.3. The van der Waals surface area contributed by atoms with E-state index in [1.165, 1.54) is 22.3 Å². The average molecular weight is 386 g/mol. The van der Waals surface area contributed by atoms with Gasteiger partial charge in [0.15, 0.2) is 0 Å². The summed E-state index contributed by atoms with van der Waals surface area (Å²) in [4.78, 5) is 13.7. The Morgan fingerprint density at radius 2 is 1.66 bits per heavy atom. The molecule has 1 aliphatic rings. The predicted molar refractivity (Wildman–Crippen MR) is 118 cm³/mol. The summed E-state index contributed by atoms with van der Waals surface area (Å²) in [6.45, 7) is 3.01. The van der Waals surface area contributed by atoms with Gasteiger partial charge in [0.1, 0.15) is 0 Å². The maximum atomic E-state index is 11.4. The molecule has 0 amide bonds. The molecule has 0 aromatic heterocycles. The molecular formula is C26H27NO2. The van der Waals surface area contributed by atoms with Crippen molar-refractivity contribution in [3.8, 4) is 0 Å². The molecule has 0 bridgehead atoms. The van der Waals surface area contributed by atoms with Crippen molar-refractivity contribution in [1.29, 1.82) is 0 Å². The van der Waals surface area contributed by atoms with E-state index in [-0.39, 0.29) is 12.5 Å². The zero-order valence-corrected chi connectivity index (χ0v) is 16.8. The van der Waals surface area contributed by atoms with Crippen LogP contribution in [-0.2, 0) is 11.2 Å². The highest BCUT2D eigenvalue weighted by Crippen LogP contribution is 2.36. The van der Waals surface area contributed by atoms with E-state index in [9.17, 15) is 9.90 Å². The monoisotopic (exact) mass is 385 g/mol. The molecule has 3 nitrogen and oxygen atoms in total. The summed E-state index contributed by atoms with van der Waals surface area (Å²) < 4.78 is 0. The van der Waals surface area contributed by atoms with Gasteiger partial charge in [-0.15, -0.1) is 0 Å². The third-order valence-corrected chi connectivity index (χ3v) is 6.02. The van der Waals surface area contributed by atoms with Gasteiger partial charge in [-0.1, -0.05) is 66.7 Å². The van der Waals surface area contributed by atoms with Crippen LogP contribution in [0.4, 0.5) is 5.69 Å². The van der Waals surface area contributed by atoms with Crippen LogP contribution in [0.5, 0.6) is 0 Å². The Labute approximate surface area is 172 Å². The first kappa shape index (κ1) is 19.3. The van der Waals surface area contributed by atoms with Crippen LogP contribution in [0.15, 0.2) is 78.9 Å². The van der Waals surface area contributed by atoms with Gasteiger partial charge in [0.2, 0.25) is 0 Å². The lowest BCUT2D eigenvalue weighted by Gasteiger charge is -2.26. The molecular weight excluding hydrogens is 358 g/mol. The van der Waals surface area contributed by atoms with E-state index in [0.717, 1.165) is 25.1 Å². The minimum Gasteiger partial charge on any atom is -0.481 e. The second-order valence-corrected chi connectivity index (χ2v) is 8.02. The zero-order chi connectivity index (χ0) is 20.2. The lowest BCUT2D eigenvalue weighted by molar-refractivity contribution is -0.137. The highest BCUT2D eigenvalue weighted by Gasteiger charge is 2.34. The van der Waals surface area contributed by atoms with Crippen LogP contribution in [0.3, 0.4) is 0 Å². The molecule has 1 saturated heterocycles. The lowest BCUT2D eigenvalue weighted by Crippen LogP contribution is -2.31. The van der Waals surface area contributed by atoms with Crippen LogP contribution < -0.4 is 4.90 Å². The summed E-state index contributed by atoms with van der Waals surface area (Å²) in [5, 5.41) is 9.40. The van der Waals surface area contributed by atoms with Gasteiger partial charge in [0, 0.05) is 24.2 Å². The Morgan fingerprint density at radius 3 is 2.34 bits per heavy atom. The van der Waals surface area contributed by atoms with Gasteiger partial charge in [0.25, 0.3) is 0 Å². The third kappa shape index (κ3) is 4.51. The molecule has 1 aliphatic heterocycles. The van der Waals surface area contributed by atoms with Crippen LogP contribution in [0, 0.1) is 6.92 Å². The van der Waals surface area contributed by atoms with Gasteiger partial charge in [-0.25, -0.2) is 0 Å². The summed E-state index contributed by atoms with van der Waals surface area (Å²) in [5.41, 5.74) is 6.33. The van der Waals surface area contributed by atoms with Crippen LogP contribution in [0.2, 0.25) is 0 Å². The molecule has 148 valence electrons. The molecule has 1 fully saturated rings. The number of anilines is 1. The number of rotatable bonds is 6. The second-order valence-electron chi connectivity index (χ2n) is 8.02. The number of benzene rings is 3. The number of carbonyl (C=O) groups is 1. The van der Waals surface area contributed by atoms with Crippen molar-refractivity contribution < 1.29 is 9.90 Å². The topological polar surface area (TPSA) is 40.5 Å². The molecule has 4 rings (SSSR count). The summed E-state index contributed by atoms with van der Waals surface area (Å²) >= 11 is 0. The Kier molecular flexibility index (Phi) is 5.66. The van der Waals surface area contributed by atoms with Gasteiger partial charge >= 0.3 is 5.97 Å². The van der Waals surface area contributed by atoms with Crippen molar-refractivity contribution in [2.75, 3.05) is 11.4 Å². The second kappa shape index (κ2) is 8.52. The minimum atomic E-state index is -0.732. The molecule has 29 heavy (non-hydrogen) atoms. The fourth-order valence-electron chi connectivity index (χ4n) is 4.43. The van der Waals surface area contributed by atoms with E-state index in [2.05, 4.69) is 84.6 Å². The first-order chi connectivity index (χ1) is 14.1. The molecule has 0 aliphatic carbocycles. The van der Waals surface area contributed by atoms with Crippen LogP contribution in [0.1, 0.15) is 41.0 Å². The predicted octanol–water partition coefficient (Wildman–Crippen LogP) is 5.42.